The molecular weight excluding hydrogens is 294 g/mol. The van der Waals surface area contributed by atoms with Crippen molar-refractivity contribution in [3.05, 3.63) is 30.3 Å². The molecule has 0 spiro atoms. The largest absolute Gasteiger partial charge is 0.349 e. The van der Waals surface area contributed by atoms with Crippen LogP contribution in [-0.4, -0.2) is 33.1 Å². The monoisotopic (exact) mass is 317 g/mol. The van der Waals surface area contributed by atoms with Gasteiger partial charge in [0.25, 0.3) is 0 Å². The van der Waals surface area contributed by atoms with Crippen molar-refractivity contribution < 1.29 is 9.32 Å². The van der Waals surface area contributed by atoms with Gasteiger partial charge in [-0.05, 0) is 25.0 Å². The van der Waals surface area contributed by atoms with Crippen molar-refractivity contribution in [2.75, 3.05) is 6.54 Å². The zero-order valence-electron chi connectivity index (χ0n) is 13.6. The van der Waals surface area contributed by atoms with E-state index in [0.29, 0.717) is 30.4 Å². The molecule has 0 unspecified atom stereocenters. The number of carbonyl (C=O) groups excluding carboxylic acids is 1. The Labute approximate surface area is 135 Å². The number of hydrogen-bond donors (Lipinski definition) is 2. The van der Waals surface area contributed by atoms with Crippen molar-refractivity contribution in [2.24, 2.45) is 5.73 Å². The highest BCUT2D eigenvalue weighted by atomic mass is 16.5. The molecule has 2 aromatic heterocycles. The molecule has 0 saturated heterocycles. The molecule has 2 aromatic rings. The van der Waals surface area contributed by atoms with E-state index in [-0.39, 0.29) is 17.9 Å². The summed E-state index contributed by atoms with van der Waals surface area (Å²) < 4.78 is 5.17. The Kier molecular flexibility index (Phi) is 5.81. The quantitative estimate of drug-likeness (QED) is 0.767. The lowest BCUT2D eigenvalue weighted by molar-refractivity contribution is -0.123. The fourth-order valence-electron chi connectivity index (χ4n) is 2.30. The summed E-state index contributed by atoms with van der Waals surface area (Å²) in [6.45, 7) is 4.47. The van der Waals surface area contributed by atoms with Crippen LogP contribution in [0.4, 0.5) is 0 Å². The lowest BCUT2D eigenvalue weighted by Gasteiger charge is -2.31. The summed E-state index contributed by atoms with van der Waals surface area (Å²) in [5.41, 5.74) is 6.11. The van der Waals surface area contributed by atoms with E-state index in [4.69, 9.17) is 10.3 Å². The first-order chi connectivity index (χ1) is 11.1. The zero-order valence-corrected chi connectivity index (χ0v) is 13.6. The molecule has 0 fully saturated rings. The van der Waals surface area contributed by atoms with Gasteiger partial charge < -0.3 is 15.6 Å². The molecule has 7 nitrogen and oxygen atoms in total. The lowest BCUT2D eigenvalue weighted by Crippen LogP contribution is -2.52. The minimum Gasteiger partial charge on any atom is -0.349 e. The van der Waals surface area contributed by atoms with Gasteiger partial charge in [-0.2, -0.15) is 4.98 Å². The molecule has 0 radical (unpaired) electrons. The summed E-state index contributed by atoms with van der Waals surface area (Å²) in [4.78, 5) is 20.5. The maximum absolute atomic E-state index is 12.1. The second kappa shape index (κ2) is 7.82. The lowest BCUT2D eigenvalue weighted by atomic mass is 9.92. The molecule has 3 N–H and O–H groups in total. The third-order valence-corrected chi connectivity index (χ3v) is 4.08. The minimum absolute atomic E-state index is 0.0586. The Hall–Kier alpha value is -2.28. The molecular formula is C16H23N5O2. The molecule has 0 aliphatic rings. The fraction of sp³-hybridized carbons (Fsp3) is 0.500. The van der Waals surface area contributed by atoms with E-state index in [2.05, 4.69) is 20.4 Å². The van der Waals surface area contributed by atoms with E-state index < -0.39 is 0 Å². The van der Waals surface area contributed by atoms with Crippen molar-refractivity contribution in [1.82, 2.24) is 20.4 Å². The Bertz CT molecular complexity index is 614. The summed E-state index contributed by atoms with van der Waals surface area (Å²) in [6, 6.07) is 5.48. The van der Waals surface area contributed by atoms with Crippen molar-refractivity contribution in [3.63, 3.8) is 0 Å². The maximum atomic E-state index is 12.1. The Balaban J connectivity index is 1.91. The molecule has 0 atom stereocenters. The summed E-state index contributed by atoms with van der Waals surface area (Å²) in [7, 11) is 0. The van der Waals surface area contributed by atoms with Crippen LogP contribution in [0.5, 0.6) is 0 Å². The van der Waals surface area contributed by atoms with E-state index in [1.54, 1.807) is 12.3 Å². The number of nitrogens with two attached hydrogens (primary N) is 1. The number of hydrogen-bond acceptors (Lipinski definition) is 6. The predicted octanol–water partition coefficient (Wildman–Crippen LogP) is 1.70. The van der Waals surface area contributed by atoms with Gasteiger partial charge in [0.15, 0.2) is 0 Å². The predicted molar refractivity (Wildman–Crippen MR) is 86.4 cm³/mol. The molecule has 1 amide bonds. The number of aromatic nitrogens is 3. The highest BCUT2D eigenvalue weighted by Gasteiger charge is 2.26. The molecule has 0 aromatic carbocycles. The third kappa shape index (κ3) is 4.35. The van der Waals surface area contributed by atoms with Gasteiger partial charge >= 0.3 is 0 Å². The van der Waals surface area contributed by atoms with Crippen LogP contribution < -0.4 is 11.1 Å². The van der Waals surface area contributed by atoms with Crippen LogP contribution in [0.3, 0.4) is 0 Å². The normalized spacial score (nSPS) is 11.4. The maximum Gasteiger partial charge on any atom is 0.227 e. The highest BCUT2D eigenvalue weighted by Crippen LogP contribution is 2.15. The third-order valence-electron chi connectivity index (χ3n) is 4.08. The standard InChI is InChI=1S/C16H23N5O2/c1-3-16(4-2,11-17)20-13(22)8-9-14-19-15(21-23-14)12-7-5-6-10-18-12/h5-7,10H,3-4,8-9,11,17H2,1-2H3,(H,20,22). The topological polar surface area (TPSA) is 107 Å². The van der Waals surface area contributed by atoms with Crippen molar-refractivity contribution in [2.45, 2.75) is 45.1 Å². The van der Waals surface area contributed by atoms with Gasteiger partial charge in [-0.25, -0.2) is 0 Å². The van der Waals surface area contributed by atoms with E-state index >= 15 is 0 Å². The first-order valence-corrected chi connectivity index (χ1v) is 7.87. The molecule has 2 rings (SSSR count). The number of pyridine rings is 1. The van der Waals surface area contributed by atoms with Crippen molar-refractivity contribution >= 4 is 5.91 Å². The van der Waals surface area contributed by atoms with Crippen LogP contribution in [0, 0.1) is 0 Å². The van der Waals surface area contributed by atoms with Crippen LogP contribution in [0.1, 0.15) is 39.0 Å². The zero-order chi connectivity index (χ0) is 16.7. The first kappa shape index (κ1) is 17.1. The number of amides is 1. The Morgan fingerprint density at radius 2 is 2.13 bits per heavy atom. The summed E-state index contributed by atoms with van der Waals surface area (Å²) in [5, 5.41) is 6.91. The molecule has 0 aliphatic carbocycles. The van der Waals surface area contributed by atoms with Crippen LogP contribution in [0.2, 0.25) is 0 Å². The van der Waals surface area contributed by atoms with Crippen LogP contribution in [0.15, 0.2) is 28.9 Å². The van der Waals surface area contributed by atoms with Gasteiger partial charge in [0.1, 0.15) is 5.69 Å². The smallest absolute Gasteiger partial charge is 0.227 e. The van der Waals surface area contributed by atoms with Crippen molar-refractivity contribution in [3.8, 4) is 11.5 Å². The number of aryl methyl sites for hydroxylation is 1. The van der Waals surface area contributed by atoms with Crippen LogP contribution in [0.25, 0.3) is 11.5 Å². The van der Waals surface area contributed by atoms with E-state index in [0.717, 1.165) is 12.8 Å². The number of nitrogens with one attached hydrogen (secondary N) is 1. The first-order valence-electron chi connectivity index (χ1n) is 7.87. The van der Waals surface area contributed by atoms with Gasteiger partial charge in [0, 0.05) is 25.6 Å². The summed E-state index contributed by atoms with van der Waals surface area (Å²) in [6.07, 6.45) is 3.94. The molecule has 2 heterocycles. The Morgan fingerprint density at radius 1 is 1.35 bits per heavy atom. The van der Waals surface area contributed by atoms with E-state index in [1.807, 2.05) is 26.0 Å². The average Bonchev–Trinajstić information content (AvgIpc) is 3.08. The fourth-order valence-corrected chi connectivity index (χ4v) is 2.30. The van der Waals surface area contributed by atoms with Gasteiger partial charge in [0.2, 0.25) is 17.6 Å². The highest BCUT2D eigenvalue weighted by molar-refractivity contribution is 5.77. The molecule has 0 aliphatic heterocycles. The van der Waals surface area contributed by atoms with Gasteiger partial charge in [-0.1, -0.05) is 25.1 Å². The number of carbonyl (C=O) groups is 1. The molecule has 23 heavy (non-hydrogen) atoms. The Morgan fingerprint density at radius 3 is 2.74 bits per heavy atom. The second-order valence-corrected chi connectivity index (χ2v) is 5.47. The number of rotatable bonds is 8. The molecule has 0 saturated carbocycles. The summed E-state index contributed by atoms with van der Waals surface area (Å²) >= 11 is 0. The number of nitrogens with zero attached hydrogens (tertiary/aromatic N) is 3. The van der Waals surface area contributed by atoms with Crippen molar-refractivity contribution in [1.29, 1.82) is 0 Å². The summed E-state index contributed by atoms with van der Waals surface area (Å²) in [5.74, 6) is 0.795. The SMILES string of the molecule is CCC(CC)(CN)NC(=O)CCc1nc(-c2ccccn2)no1. The second-order valence-electron chi connectivity index (χ2n) is 5.47. The van der Waals surface area contributed by atoms with E-state index in [9.17, 15) is 4.79 Å². The van der Waals surface area contributed by atoms with Gasteiger partial charge in [-0.3, -0.25) is 9.78 Å². The van der Waals surface area contributed by atoms with Gasteiger partial charge in [-0.15, -0.1) is 0 Å². The van der Waals surface area contributed by atoms with Crippen LogP contribution in [-0.2, 0) is 11.2 Å². The molecule has 124 valence electrons. The van der Waals surface area contributed by atoms with Gasteiger partial charge in [0.05, 0.1) is 5.54 Å². The van der Waals surface area contributed by atoms with Crippen LogP contribution >= 0.6 is 0 Å². The minimum atomic E-state index is -0.328. The average molecular weight is 317 g/mol. The molecule has 7 heteroatoms. The van der Waals surface area contributed by atoms with E-state index in [1.165, 1.54) is 0 Å². The molecule has 0 bridgehead atoms.